The fourth-order valence-corrected chi connectivity index (χ4v) is 9.65. The van der Waals surface area contributed by atoms with E-state index in [-0.39, 0.29) is 31.1 Å². The third-order valence-electron chi connectivity index (χ3n) is 14.5. The van der Waals surface area contributed by atoms with Gasteiger partial charge in [0.05, 0.1) is 0 Å². The zero-order chi connectivity index (χ0) is 51.4. The molecule has 0 bridgehead atoms. The van der Waals surface area contributed by atoms with Crippen molar-refractivity contribution in [1.82, 2.24) is 0 Å². The lowest BCUT2D eigenvalue weighted by Gasteiger charge is -2.18. The van der Waals surface area contributed by atoms with E-state index >= 15 is 0 Å². The monoisotopic (exact) mass is 999 g/mol. The van der Waals surface area contributed by atoms with Crippen LogP contribution in [-0.4, -0.2) is 37.2 Å². The molecule has 418 valence electrons. The topological polar surface area (TPSA) is 78.9 Å². The number of allylic oxidation sites excluding steroid dienone is 4. The molecule has 0 spiro atoms. The molecule has 0 saturated carbocycles. The highest BCUT2D eigenvalue weighted by Crippen LogP contribution is 2.18. The number of unbranched alkanes of at least 4 members (excludes halogenated alkanes) is 44. The van der Waals surface area contributed by atoms with Crippen LogP contribution in [-0.2, 0) is 28.6 Å². The van der Waals surface area contributed by atoms with E-state index in [0.29, 0.717) is 19.3 Å². The van der Waals surface area contributed by atoms with Gasteiger partial charge >= 0.3 is 17.9 Å². The summed E-state index contributed by atoms with van der Waals surface area (Å²) in [6, 6.07) is 0. The van der Waals surface area contributed by atoms with Gasteiger partial charge in [-0.3, -0.25) is 14.4 Å². The van der Waals surface area contributed by atoms with Crippen LogP contribution in [0.2, 0.25) is 0 Å². The van der Waals surface area contributed by atoms with E-state index in [0.717, 1.165) is 64.2 Å². The van der Waals surface area contributed by atoms with Gasteiger partial charge in [-0.1, -0.05) is 308 Å². The van der Waals surface area contributed by atoms with Gasteiger partial charge in [0, 0.05) is 19.3 Å². The molecule has 0 radical (unpaired) electrons. The third-order valence-corrected chi connectivity index (χ3v) is 14.5. The highest BCUT2D eigenvalue weighted by Gasteiger charge is 2.19. The Morgan fingerprint density at radius 3 is 0.803 bits per heavy atom. The molecule has 0 amide bonds. The molecule has 1 atom stereocenters. The Balaban J connectivity index is 4.27. The molecule has 0 rings (SSSR count). The van der Waals surface area contributed by atoms with Gasteiger partial charge in [0.25, 0.3) is 0 Å². The Morgan fingerprint density at radius 1 is 0.282 bits per heavy atom. The molecule has 6 heteroatoms. The van der Waals surface area contributed by atoms with Crippen LogP contribution >= 0.6 is 0 Å². The van der Waals surface area contributed by atoms with E-state index in [9.17, 15) is 14.4 Å². The predicted molar refractivity (Wildman–Crippen MR) is 307 cm³/mol. The van der Waals surface area contributed by atoms with Crippen molar-refractivity contribution in [3.05, 3.63) is 24.3 Å². The smallest absolute Gasteiger partial charge is 0.306 e. The molecule has 0 aromatic carbocycles. The van der Waals surface area contributed by atoms with Crippen LogP contribution in [0.4, 0.5) is 0 Å². The second-order valence-electron chi connectivity index (χ2n) is 21.7. The second-order valence-corrected chi connectivity index (χ2v) is 21.7. The first-order valence-electron chi connectivity index (χ1n) is 31.8. The first-order chi connectivity index (χ1) is 35.0. The van der Waals surface area contributed by atoms with Gasteiger partial charge in [0.15, 0.2) is 6.10 Å². The number of carbonyl (C=O) groups is 3. The lowest BCUT2D eigenvalue weighted by molar-refractivity contribution is -0.167. The lowest BCUT2D eigenvalue weighted by atomic mass is 10.0. The summed E-state index contributed by atoms with van der Waals surface area (Å²) in [5.74, 6) is -0.844. The van der Waals surface area contributed by atoms with E-state index in [4.69, 9.17) is 14.2 Å². The van der Waals surface area contributed by atoms with Crippen molar-refractivity contribution < 1.29 is 28.6 Å². The predicted octanol–water partition coefficient (Wildman–Crippen LogP) is 21.4. The van der Waals surface area contributed by atoms with E-state index in [1.54, 1.807) is 0 Å². The zero-order valence-electron chi connectivity index (χ0n) is 48.0. The van der Waals surface area contributed by atoms with Crippen molar-refractivity contribution >= 4 is 17.9 Å². The first kappa shape index (κ1) is 68.9. The van der Waals surface area contributed by atoms with Gasteiger partial charge < -0.3 is 14.2 Å². The van der Waals surface area contributed by atoms with Crippen molar-refractivity contribution in [1.29, 1.82) is 0 Å². The van der Waals surface area contributed by atoms with Crippen LogP contribution < -0.4 is 0 Å². The fraction of sp³-hybridized carbons (Fsp3) is 0.892. The number of hydrogen-bond donors (Lipinski definition) is 0. The number of rotatable bonds is 59. The number of esters is 3. The van der Waals surface area contributed by atoms with Crippen LogP contribution in [0.25, 0.3) is 0 Å². The Morgan fingerprint density at radius 2 is 0.507 bits per heavy atom. The summed E-state index contributed by atoms with van der Waals surface area (Å²) in [5.41, 5.74) is 0. The quantitative estimate of drug-likeness (QED) is 0.0261. The van der Waals surface area contributed by atoms with E-state index in [1.165, 1.54) is 250 Å². The maximum absolute atomic E-state index is 12.9. The highest BCUT2D eigenvalue weighted by atomic mass is 16.6. The van der Waals surface area contributed by atoms with Crippen LogP contribution in [0.5, 0.6) is 0 Å². The number of hydrogen-bond acceptors (Lipinski definition) is 6. The third kappa shape index (κ3) is 58.7. The van der Waals surface area contributed by atoms with Crippen LogP contribution in [0, 0.1) is 0 Å². The van der Waals surface area contributed by atoms with E-state index in [2.05, 4.69) is 45.1 Å². The summed E-state index contributed by atoms with van der Waals surface area (Å²) >= 11 is 0. The molecular weight excluding hydrogens is 877 g/mol. The molecule has 0 fully saturated rings. The van der Waals surface area contributed by atoms with Crippen molar-refractivity contribution in [2.45, 2.75) is 361 Å². The molecule has 0 aliphatic heterocycles. The Hall–Kier alpha value is -2.11. The maximum Gasteiger partial charge on any atom is 0.306 e. The molecule has 0 aliphatic carbocycles. The van der Waals surface area contributed by atoms with Gasteiger partial charge in [-0.15, -0.1) is 0 Å². The van der Waals surface area contributed by atoms with E-state index in [1.807, 2.05) is 0 Å². The molecule has 1 unspecified atom stereocenters. The summed E-state index contributed by atoms with van der Waals surface area (Å²) in [6.45, 7) is 6.68. The van der Waals surface area contributed by atoms with Gasteiger partial charge in [-0.2, -0.15) is 0 Å². The average Bonchev–Trinajstić information content (AvgIpc) is 3.37. The van der Waals surface area contributed by atoms with Gasteiger partial charge in [0.1, 0.15) is 13.2 Å². The number of carbonyl (C=O) groups excluding carboxylic acids is 3. The molecule has 0 aromatic heterocycles. The summed E-state index contributed by atoms with van der Waals surface area (Å²) < 4.78 is 16.9. The lowest BCUT2D eigenvalue weighted by Crippen LogP contribution is -2.30. The zero-order valence-corrected chi connectivity index (χ0v) is 48.0. The molecule has 0 aliphatic rings. The van der Waals surface area contributed by atoms with Gasteiger partial charge in [-0.25, -0.2) is 0 Å². The summed E-state index contributed by atoms with van der Waals surface area (Å²) in [5, 5.41) is 0. The van der Waals surface area contributed by atoms with Crippen molar-refractivity contribution in [2.75, 3.05) is 13.2 Å². The average molecular weight is 1000 g/mol. The van der Waals surface area contributed by atoms with Crippen molar-refractivity contribution in [2.24, 2.45) is 0 Å². The highest BCUT2D eigenvalue weighted by molar-refractivity contribution is 5.71. The number of ether oxygens (including phenoxy) is 3. The van der Waals surface area contributed by atoms with Crippen LogP contribution in [0.3, 0.4) is 0 Å². The first-order valence-corrected chi connectivity index (χ1v) is 31.8. The minimum atomic E-state index is -0.769. The van der Waals surface area contributed by atoms with Crippen molar-refractivity contribution in [3.8, 4) is 0 Å². The molecule has 0 N–H and O–H groups in total. The van der Waals surface area contributed by atoms with E-state index < -0.39 is 6.10 Å². The SMILES string of the molecule is CCCCC/C=C\C/C=C\CCCCCCCCCCCC(=O)OC(COC(=O)CCCCCCCCCCCCCCC)COC(=O)CCCCCCCCCCCCCCCCCCCCCCC. The van der Waals surface area contributed by atoms with Crippen molar-refractivity contribution in [3.63, 3.8) is 0 Å². The van der Waals surface area contributed by atoms with Gasteiger partial charge in [-0.05, 0) is 51.4 Å². The summed E-state index contributed by atoms with van der Waals surface area (Å²) in [7, 11) is 0. The fourth-order valence-electron chi connectivity index (χ4n) is 9.65. The van der Waals surface area contributed by atoms with Gasteiger partial charge in [0.2, 0.25) is 0 Å². The standard InChI is InChI=1S/C65H122O6/c1-4-7-10-13-16-19-22-25-27-29-31-32-34-35-37-40-43-46-49-52-55-58-64(67)70-61-62(60-69-63(66)57-54-51-48-45-42-39-24-21-18-15-12-9-6-3)71-65(68)59-56-53-50-47-44-41-38-36-33-30-28-26-23-20-17-14-11-8-5-2/h17,20,26,28,62H,4-16,18-19,21-25,27,29-61H2,1-3H3/b20-17-,28-26-. The Bertz CT molecular complexity index is 1150. The Labute approximate surface area is 443 Å². The largest absolute Gasteiger partial charge is 0.462 e. The van der Waals surface area contributed by atoms with Crippen LogP contribution in [0.15, 0.2) is 24.3 Å². The maximum atomic E-state index is 12.9. The second kappa shape index (κ2) is 60.4. The molecule has 0 heterocycles. The van der Waals surface area contributed by atoms with Crippen LogP contribution in [0.1, 0.15) is 355 Å². The molecule has 71 heavy (non-hydrogen) atoms. The molecule has 0 aromatic rings. The Kier molecular flexibility index (Phi) is 58.6. The molecule has 6 nitrogen and oxygen atoms in total. The minimum absolute atomic E-state index is 0.0668. The molecular formula is C65H122O6. The summed E-state index contributed by atoms with van der Waals surface area (Å²) in [4.78, 5) is 38.3. The summed E-state index contributed by atoms with van der Waals surface area (Å²) in [6.07, 6.45) is 71.8. The normalized spacial score (nSPS) is 12.1. The minimum Gasteiger partial charge on any atom is -0.462 e. The molecule has 0 saturated heterocycles.